The van der Waals surface area contributed by atoms with E-state index in [0.29, 0.717) is 32.4 Å². The third-order valence-electron chi connectivity index (χ3n) is 2.47. The normalized spacial score (nSPS) is 10.4. The van der Waals surface area contributed by atoms with Crippen LogP contribution in [-0.2, 0) is 0 Å². The number of halogens is 3. The molecule has 0 amide bonds. The maximum absolute atomic E-state index is 6.13. The highest BCUT2D eigenvalue weighted by Gasteiger charge is 2.08. The van der Waals surface area contributed by atoms with E-state index in [4.69, 9.17) is 34.8 Å². The molecule has 0 saturated carbocycles. The Hall–Kier alpha value is -1.23. The van der Waals surface area contributed by atoms with Gasteiger partial charge in [-0.15, -0.1) is 0 Å². The van der Waals surface area contributed by atoms with Crippen molar-refractivity contribution in [3.8, 4) is 0 Å². The maximum Gasteiger partial charge on any atom is 0.136 e. The monoisotopic (exact) mass is 330 g/mol. The molecule has 0 aliphatic carbocycles. The van der Waals surface area contributed by atoms with E-state index < -0.39 is 0 Å². The topological polar surface area (TPSA) is 49.8 Å². The van der Waals surface area contributed by atoms with Crippen LogP contribution in [0.15, 0.2) is 18.2 Å². The summed E-state index contributed by atoms with van der Waals surface area (Å²) in [5.41, 5.74) is 0.640. The molecule has 106 valence electrons. The van der Waals surface area contributed by atoms with Crippen molar-refractivity contribution in [3.05, 3.63) is 39.1 Å². The smallest absolute Gasteiger partial charge is 0.136 e. The zero-order valence-corrected chi connectivity index (χ0v) is 13.2. The predicted octanol–water partition coefficient (Wildman–Crippen LogP) is 4.92. The molecule has 0 atom stereocenters. The molecule has 0 unspecified atom stereocenters. The molecular weight excluding hydrogens is 319 g/mol. The van der Waals surface area contributed by atoms with E-state index >= 15 is 0 Å². The zero-order chi connectivity index (χ0) is 14.7. The van der Waals surface area contributed by atoms with Gasteiger partial charge >= 0.3 is 0 Å². The molecule has 0 fully saturated rings. The summed E-state index contributed by atoms with van der Waals surface area (Å²) in [4.78, 5) is 8.58. The van der Waals surface area contributed by atoms with Crippen LogP contribution in [0, 0.1) is 6.92 Å². The van der Waals surface area contributed by atoms with E-state index in [-0.39, 0.29) is 0 Å². The van der Waals surface area contributed by atoms with Gasteiger partial charge in [0.05, 0.1) is 20.8 Å². The fourth-order valence-electron chi connectivity index (χ4n) is 1.66. The van der Waals surface area contributed by atoms with E-state index in [1.807, 2.05) is 13.8 Å². The molecule has 7 heteroatoms. The Morgan fingerprint density at radius 3 is 2.30 bits per heavy atom. The fraction of sp³-hybridized carbons (Fsp3) is 0.231. The van der Waals surface area contributed by atoms with Crippen molar-refractivity contribution in [2.45, 2.75) is 13.8 Å². The number of anilines is 3. The number of rotatable bonds is 4. The SMILES string of the molecule is CCNc1cc(Nc2cc(Cl)c(Cl)cc2Cl)nc(C)n1. The second kappa shape index (κ2) is 6.48. The third kappa shape index (κ3) is 3.66. The summed E-state index contributed by atoms with van der Waals surface area (Å²) in [6.07, 6.45) is 0. The Bertz CT molecular complexity index is 631. The van der Waals surface area contributed by atoms with Crippen LogP contribution >= 0.6 is 34.8 Å². The van der Waals surface area contributed by atoms with Crippen molar-refractivity contribution in [1.29, 1.82) is 0 Å². The first-order valence-electron chi connectivity index (χ1n) is 6.00. The summed E-state index contributed by atoms with van der Waals surface area (Å²) in [7, 11) is 0. The summed E-state index contributed by atoms with van der Waals surface area (Å²) in [6, 6.07) is 5.05. The molecule has 1 aromatic carbocycles. The maximum atomic E-state index is 6.13. The van der Waals surface area contributed by atoms with Crippen LogP contribution in [-0.4, -0.2) is 16.5 Å². The van der Waals surface area contributed by atoms with Crippen molar-refractivity contribution in [2.24, 2.45) is 0 Å². The molecule has 0 aliphatic heterocycles. The van der Waals surface area contributed by atoms with Crippen LogP contribution in [0.5, 0.6) is 0 Å². The molecule has 1 heterocycles. The van der Waals surface area contributed by atoms with Crippen LogP contribution in [0.25, 0.3) is 0 Å². The van der Waals surface area contributed by atoms with Crippen molar-refractivity contribution < 1.29 is 0 Å². The molecule has 2 rings (SSSR count). The van der Waals surface area contributed by atoms with Crippen LogP contribution < -0.4 is 10.6 Å². The number of aromatic nitrogens is 2. The zero-order valence-electron chi connectivity index (χ0n) is 11.0. The largest absolute Gasteiger partial charge is 0.370 e. The quantitative estimate of drug-likeness (QED) is 0.781. The molecule has 0 radical (unpaired) electrons. The fourth-order valence-corrected chi connectivity index (χ4v) is 2.25. The highest BCUT2D eigenvalue weighted by Crippen LogP contribution is 2.33. The molecular formula is C13H13Cl3N4. The molecule has 0 bridgehead atoms. The van der Waals surface area contributed by atoms with Crippen LogP contribution in [0.4, 0.5) is 17.3 Å². The van der Waals surface area contributed by atoms with Gasteiger partial charge < -0.3 is 10.6 Å². The molecule has 20 heavy (non-hydrogen) atoms. The van der Waals surface area contributed by atoms with E-state index in [2.05, 4.69) is 20.6 Å². The van der Waals surface area contributed by atoms with E-state index in [0.717, 1.165) is 12.4 Å². The first-order valence-corrected chi connectivity index (χ1v) is 7.14. The second-order valence-electron chi connectivity index (χ2n) is 4.09. The van der Waals surface area contributed by atoms with Gasteiger partial charge in [-0.3, -0.25) is 0 Å². The molecule has 0 aliphatic rings. The molecule has 0 spiro atoms. The number of benzene rings is 1. The standard InChI is InChI=1S/C13H13Cl3N4/c1-3-17-12-6-13(19-7(2)18-12)20-11-5-9(15)8(14)4-10(11)16/h4-6H,3H2,1-2H3,(H2,17,18,19,20). The van der Waals surface area contributed by atoms with Gasteiger partial charge in [0.25, 0.3) is 0 Å². The minimum Gasteiger partial charge on any atom is -0.370 e. The van der Waals surface area contributed by atoms with Gasteiger partial charge in [-0.05, 0) is 26.0 Å². The number of nitrogens with one attached hydrogen (secondary N) is 2. The Morgan fingerprint density at radius 2 is 1.60 bits per heavy atom. The van der Waals surface area contributed by atoms with Gasteiger partial charge in [0, 0.05) is 12.6 Å². The third-order valence-corrected chi connectivity index (χ3v) is 3.50. The van der Waals surface area contributed by atoms with Gasteiger partial charge in [-0.25, -0.2) is 9.97 Å². The Balaban J connectivity index is 2.32. The second-order valence-corrected chi connectivity index (χ2v) is 5.31. The molecule has 2 N–H and O–H groups in total. The Kier molecular flexibility index (Phi) is 4.91. The number of nitrogens with zero attached hydrogens (tertiary/aromatic N) is 2. The van der Waals surface area contributed by atoms with Crippen molar-refractivity contribution >= 4 is 52.1 Å². The summed E-state index contributed by atoms with van der Waals surface area (Å²) in [5, 5.41) is 7.56. The van der Waals surface area contributed by atoms with Crippen molar-refractivity contribution in [1.82, 2.24) is 9.97 Å². The lowest BCUT2D eigenvalue weighted by atomic mass is 10.3. The first-order chi connectivity index (χ1) is 9.49. The molecule has 4 nitrogen and oxygen atoms in total. The lowest BCUT2D eigenvalue weighted by Gasteiger charge is -2.11. The first kappa shape index (κ1) is 15.2. The highest BCUT2D eigenvalue weighted by molar-refractivity contribution is 6.44. The van der Waals surface area contributed by atoms with Crippen molar-refractivity contribution in [2.75, 3.05) is 17.2 Å². The predicted molar refractivity (Wildman–Crippen MR) is 85.7 cm³/mol. The van der Waals surface area contributed by atoms with E-state index in [1.165, 1.54) is 0 Å². The van der Waals surface area contributed by atoms with Gasteiger partial charge in [0.2, 0.25) is 0 Å². The summed E-state index contributed by atoms with van der Waals surface area (Å²) in [6.45, 7) is 4.60. The molecule has 0 saturated heterocycles. The number of hydrogen-bond donors (Lipinski definition) is 2. The van der Waals surface area contributed by atoms with Gasteiger partial charge in [0.15, 0.2) is 0 Å². The van der Waals surface area contributed by atoms with Gasteiger partial charge in [-0.1, -0.05) is 34.8 Å². The molecule has 1 aromatic heterocycles. The average Bonchev–Trinajstić information content (AvgIpc) is 2.35. The minimum atomic E-state index is 0.412. The lowest BCUT2D eigenvalue weighted by molar-refractivity contribution is 1.04. The Morgan fingerprint density at radius 1 is 0.950 bits per heavy atom. The van der Waals surface area contributed by atoms with Gasteiger partial charge in [-0.2, -0.15) is 0 Å². The molecule has 2 aromatic rings. The summed E-state index contributed by atoms with van der Waals surface area (Å²) in [5.74, 6) is 2.04. The summed E-state index contributed by atoms with van der Waals surface area (Å²) < 4.78 is 0. The lowest BCUT2D eigenvalue weighted by Crippen LogP contribution is -2.04. The average molecular weight is 332 g/mol. The number of aryl methyl sites for hydroxylation is 1. The van der Waals surface area contributed by atoms with Crippen molar-refractivity contribution in [3.63, 3.8) is 0 Å². The van der Waals surface area contributed by atoms with Crippen LogP contribution in [0.3, 0.4) is 0 Å². The van der Waals surface area contributed by atoms with Crippen LogP contribution in [0.1, 0.15) is 12.7 Å². The van der Waals surface area contributed by atoms with E-state index in [9.17, 15) is 0 Å². The Labute approximate surface area is 132 Å². The van der Waals surface area contributed by atoms with E-state index in [1.54, 1.807) is 18.2 Å². The summed E-state index contributed by atoms with van der Waals surface area (Å²) >= 11 is 18.0. The van der Waals surface area contributed by atoms with Crippen LogP contribution in [0.2, 0.25) is 15.1 Å². The number of hydrogen-bond acceptors (Lipinski definition) is 4. The highest BCUT2D eigenvalue weighted by atomic mass is 35.5. The van der Waals surface area contributed by atoms with Gasteiger partial charge in [0.1, 0.15) is 17.5 Å². The minimum absolute atomic E-state index is 0.412.